The molecule has 4 rings (SSSR count). The number of methoxy groups -OCH3 is 1. The van der Waals surface area contributed by atoms with Gasteiger partial charge in [0, 0.05) is 32.3 Å². The summed E-state index contributed by atoms with van der Waals surface area (Å²) < 4.78 is 47.0. The number of nitrogens with one attached hydrogen (secondary N) is 1. The van der Waals surface area contributed by atoms with Gasteiger partial charge in [-0.2, -0.15) is 18.3 Å². The second kappa shape index (κ2) is 11.5. The molecular formula is C27H29F3N4O3. The summed E-state index contributed by atoms with van der Waals surface area (Å²) in [6.07, 6.45) is -1.52. The lowest BCUT2D eigenvalue weighted by atomic mass is 9.88. The number of alkyl halides is 3. The highest BCUT2D eigenvalue weighted by molar-refractivity contribution is 5.95. The van der Waals surface area contributed by atoms with Crippen molar-refractivity contribution in [1.82, 2.24) is 20.0 Å². The molecule has 0 bridgehead atoms. The highest BCUT2D eigenvalue weighted by Crippen LogP contribution is 2.34. The molecule has 1 saturated heterocycles. The van der Waals surface area contributed by atoms with Gasteiger partial charge in [0.15, 0.2) is 5.69 Å². The van der Waals surface area contributed by atoms with Crippen molar-refractivity contribution in [2.45, 2.75) is 37.8 Å². The number of likely N-dealkylation sites (tertiary alicyclic amines) is 1. The molecule has 2 aromatic carbocycles. The van der Waals surface area contributed by atoms with Crippen LogP contribution in [0.15, 0.2) is 60.8 Å². The topological polar surface area (TPSA) is 76.5 Å². The summed E-state index contributed by atoms with van der Waals surface area (Å²) in [5.41, 5.74) is -0.246. The van der Waals surface area contributed by atoms with E-state index in [-0.39, 0.29) is 18.9 Å². The number of hydrogen-bond donors (Lipinski definition) is 1. The van der Waals surface area contributed by atoms with Crippen LogP contribution in [0.5, 0.6) is 5.75 Å². The molecule has 37 heavy (non-hydrogen) atoms. The molecule has 1 aliphatic heterocycles. The van der Waals surface area contributed by atoms with Crippen molar-refractivity contribution in [3.8, 4) is 11.4 Å². The minimum atomic E-state index is -4.78. The summed E-state index contributed by atoms with van der Waals surface area (Å²) >= 11 is 0. The molecule has 0 atom stereocenters. The number of nitrogens with zero attached hydrogens (tertiary/aromatic N) is 3. The summed E-state index contributed by atoms with van der Waals surface area (Å²) in [4.78, 5) is 27.0. The second-order valence-corrected chi connectivity index (χ2v) is 8.93. The fourth-order valence-corrected chi connectivity index (χ4v) is 4.60. The largest absolute Gasteiger partial charge is 0.496 e. The van der Waals surface area contributed by atoms with Gasteiger partial charge in [0.2, 0.25) is 5.91 Å². The average Bonchev–Trinajstić information content (AvgIpc) is 3.38. The molecular weight excluding hydrogens is 485 g/mol. The molecule has 1 aliphatic rings. The summed E-state index contributed by atoms with van der Waals surface area (Å²) in [7, 11) is 1.65. The van der Waals surface area contributed by atoms with Gasteiger partial charge in [-0.25, -0.2) is 4.68 Å². The molecule has 2 heterocycles. The minimum Gasteiger partial charge on any atom is -0.496 e. The Morgan fingerprint density at radius 3 is 2.41 bits per heavy atom. The zero-order valence-corrected chi connectivity index (χ0v) is 20.5. The second-order valence-electron chi connectivity index (χ2n) is 8.93. The maximum atomic E-state index is 13.5. The van der Waals surface area contributed by atoms with E-state index in [1.165, 1.54) is 0 Å². The van der Waals surface area contributed by atoms with Crippen molar-refractivity contribution in [3.05, 3.63) is 77.6 Å². The van der Waals surface area contributed by atoms with Gasteiger partial charge in [-0.1, -0.05) is 36.4 Å². The first kappa shape index (κ1) is 26.2. The maximum Gasteiger partial charge on any atom is 0.435 e. The van der Waals surface area contributed by atoms with E-state index in [9.17, 15) is 22.8 Å². The third-order valence-electron chi connectivity index (χ3n) is 6.53. The Labute approximate surface area is 213 Å². The smallest absolute Gasteiger partial charge is 0.435 e. The fourth-order valence-electron chi connectivity index (χ4n) is 4.60. The first-order chi connectivity index (χ1) is 17.8. The van der Waals surface area contributed by atoms with Gasteiger partial charge in [-0.3, -0.25) is 9.59 Å². The number of carbonyl (C=O) groups excluding carboxylic acids is 2. The number of aromatic nitrogens is 2. The van der Waals surface area contributed by atoms with Crippen molar-refractivity contribution in [2.75, 3.05) is 26.7 Å². The molecule has 10 heteroatoms. The van der Waals surface area contributed by atoms with E-state index in [0.717, 1.165) is 35.0 Å². The molecule has 1 aromatic heterocycles. The fraction of sp³-hybridized carbons (Fsp3) is 0.370. The summed E-state index contributed by atoms with van der Waals surface area (Å²) in [5, 5.41) is 6.09. The van der Waals surface area contributed by atoms with Crippen molar-refractivity contribution < 1.29 is 27.5 Å². The molecule has 1 N–H and O–H groups in total. The van der Waals surface area contributed by atoms with Crippen LogP contribution in [0.4, 0.5) is 13.2 Å². The van der Waals surface area contributed by atoms with Crippen LogP contribution in [0.3, 0.4) is 0 Å². The van der Waals surface area contributed by atoms with Crippen LogP contribution in [0.25, 0.3) is 5.69 Å². The standard InChI is InChI=1S/C27H29F3N4O3/c1-37-23-11-6-5-10-21(23)19-13-16-33(17-14-19)24(35)12-7-15-31-26(36)22-18-34(20-8-3-2-4-9-20)32-25(22)27(28,29)30/h2-6,8-11,18-19H,7,12-17H2,1H3,(H,31,36). The van der Waals surface area contributed by atoms with E-state index in [1.807, 2.05) is 18.2 Å². The lowest BCUT2D eigenvalue weighted by Crippen LogP contribution is -2.38. The van der Waals surface area contributed by atoms with E-state index in [1.54, 1.807) is 42.3 Å². The Bertz CT molecular complexity index is 1220. The van der Waals surface area contributed by atoms with Gasteiger partial charge in [-0.15, -0.1) is 0 Å². The molecule has 0 saturated carbocycles. The average molecular weight is 515 g/mol. The maximum absolute atomic E-state index is 13.5. The van der Waals surface area contributed by atoms with Crippen LogP contribution in [0.1, 0.15) is 53.2 Å². The Morgan fingerprint density at radius 1 is 1.05 bits per heavy atom. The van der Waals surface area contributed by atoms with Gasteiger partial charge in [-0.05, 0) is 48.9 Å². The van der Waals surface area contributed by atoms with Crippen molar-refractivity contribution in [1.29, 1.82) is 0 Å². The third-order valence-corrected chi connectivity index (χ3v) is 6.53. The number of amides is 2. The van der Waals surface area contributed by atoms with Crippen molar-refractivity contribution in [3.63, 3.8) is 0 Å². The predicted octanol–water partition coefficient (Wildman–Crippen LogP) is 4.82. The number of benzene rings is 2. The van der Waals surface area contributed by atoms with E-state index in [4.69, 9.17) is 4.74 Å². The van der Waals surface area contributed by atoms with E-state index >= 15 is 0 Å². The highest BCUT2D eigenvalue weighted by atomic mass is 19.4. The van der Waals surface area contributed by atoms with Gasteiger partial charge >= 0.3 is 6.18 Å². The SMILES string of the molecule is COc1ccccc1C1CCN(C(=O)CCCNC(=O)c2cn(-c3ccccc3)nc2C(F)(F)F)CC1. The van der Waals surface area contributed by atoms with E-state index in [0.29, 0.717) is 31.1 Å². The van der Waals surface area contributed by atoms with Gasteiger partial charge in [0.25, 0.3) is 5.91 Å². The first-order valence-electron chi connectivity index (χ1n) is 12.2. The van der Waals surface area contributed by atoms with Crippen LogP contribution >= 0.6 is 0 Å². The lowest BCUT2D eigenvalue weighted by Gasteiger charge is -2.33. The van der Waals surface area contributed by atoms with E-state index in [2.05, 4.69) is 16.5 Å². The van der Waals surface area contributed by atoms with Gasteiger partial charge in [0.1, 0.15) is 5.75 Å². The molecule has 7 nitrogen and oxygen atoms in total. The molecule has 0 unspecified atom stereocenters. The number of ether oxygens (including phenoxy) is 1. The molecule has 0 radical (unpaired) electrons. The Kier molecular flexibility index (Phi) is 8.15. The molecule has 0 spiro atoms. The Balaban J connectivity index is 1.27. The summed E-state index contributed by atoms with van der Waals surface area (Å²) in [5.74, 6) is 0.269. The quantitative estimate of drug-likeness (QED) is 0.438. The normalized spacial score (nSPS) is 14.4. The number of hydrogen-bond acceptors (Lipinski definition) is 4. The van der Waals surface area contributed by atoms with Crippen LogP contribution in [0.2, 0.25) is 0 Å². The van der Waals surface area contributed by atoms with Crippen LogP contribution in [-0.2, 0) is 11.0 Å². The van der Waals surface area contributed by atoms with Gasteiger partial charge in [0.05, 0.1) is 18.4 Å². The zero-order valence-electron chi connectivity index (χ0n) is 20.5. The minimum absolute atomic E-state index is 0.0272. The van der Waals surface area contributed by atoms with Crippen molar-refractivity contribution >= 4 is 11.8 Å². The zero-order chi connectivity index (χ0) is 26.4. The van der Waals surface area contributed by atoms with Crippen LogP contribution in [0, 0.1) is 0 Å². The van der Waals surface area contributed by atoms with Gasteiger partial charge < -0.3 is 15.0 Å². The molecule has 196 valence electrons. The Hall–Kier alpha value is -3.82. The van der Waals surface area contributed by atoms with Crippen LogP contribution < -0.4 is 10.1 Å². The monoisotopic (exact) mass is 514 g/mol. The molecule has 3 aromatic rings. The highest BCUT2D eigenvalue weighted by Gasteiger charge is 2.39. The third kappa shape index (κ3) is 6.31. The number of rotatable bonds is 8. The van der Waals surface area contributed by atoms with E-state index < -0.39 is 23.3 Å². The Morgan fingerprint density at radius 2 is 1.73 bits per heavy atom. The molecule has 2 amide bonds. The number of para-hydroxylation sites is 2. The predicted molar refractivity (Wildman–Crippen MR) is 132 cm³/mol. The number of carbonyl (C=O) groups is 2. The van der Waals surface area contributed by atoms with Crippen molar-refractivity contribution in [2.24, 2.45) is 0 Å². The molecule has 1 fully saturated rings. The summed E-state index contributed by atoms with van der Waals surface area (Å²) in [6.45, 7) is 1.33. The number of halogens is 3. The first-order valence-corrected chi connectivity index (χ1v) is 12.2. The lowest BCUT2D eigenvalue weighted by molar-refractivity contribution is -0.141. The van der Waals surface area contributed by atoms with Crippen LogP contribution in [-0.4, -0.2) is 53.2 Å². The number of piperidine rings is 1. The summed E-state index contributed by atoms with van der Waals surface area (Å²) in [6, 6.07) is 16.2. The molecule has 0 aliphatic carbocycles.